The van der Waals surface area contributed by atoms with Gasteiger partial charge in [-0.25, -0.2) is 0 Å². The average Bonchev–Trinajstić information content (AvgIpc) is 3.26. The van der Waals surface area contributed by atoms with Gasteiger partial charge in [0, 0.05) is 10.8 Å². The van der Waals surface area contributed by atoms with Crippen molar-refractivity contribution in [3.05, 3.63) is 119 Å². The highest BCUT2D eigenvalue weighted by atomic mass is 14.8. The first-order valence-electron chi connectivity index (χ1n) is 9.52. The van der Waals surface area contributed by atoms with Crippen molar-refractivity contribution in [1.29, 1.82) is 0 Å². The Kier molecular flexibility index (Phi) is 2.02. The number of benzene rings is 3. The molecule has 122 valence electrons. The lowest BCUT2D eigenvalue weighted by molar-refractivity contribution is 0.432. The maximum absolute atomic E-state index is 2.52. The second-order valence-corrected chi connectivity index (χ2v) is 8.22. The highest BCUT2D eigenvalue weighted by Crippen LogP contribution is 2.85. The molecule has 0 aliphatic heterocycles. The molecule has 0 aromatic heterocycles. The van der Waals surface area contributed by atoms with Gasteiger partial charge in [-0.15, -0.1) is 0 Å². The van der Waals surface area contributed by atoms with Gasteiger partial charge in [0.25, 0.3) is 0 Å². The van der Waals surface area contributed by atoms with Crippen LogP contribution in [0.5, 0.6) is 0 Å². The van der Waals surface area contributed by atoms with Crippen LogP contribution < -0.4 is 0 Å². The molecule has 0 N–H and O–H groups in total. The van der Waals surface area contributed by atoms with Gasteiger partial charge in [0.15, 0.2) is 0 Å². The third-order valence-corrected chi connectivity index (χ3v) is 7.53. The summed E-state index contributed by atoms with van der Waals surface area (Å²) < 4.78 is 0. The number of rotatable bonds is 0. The van der Waals surface area contributed by atoms with Crippen LogP contribution in [0.15, 0.2) is 97.1 Å². The Labute approximate surface area is 153 Å². The van der Waals surface area contributed by atoms with Gasteiger partial charge >= 0.3 is 0 Å². The zero-order valence-electron chi connectivity index (χ0n) is 14.4. The predicted molar refractivity (Wildman–Crippen MR) is 105 cm³/mol. The average molecular weight is 330 g/mol. The van der Waals surface area contributed by atoms with Gasteiger partial charge in [-0.3, -0.25) is 0 Å². The fourth-order valence-electron chi connectivity index (χ4n) is 6.71. The largest absolute Gasteiger partial charge is 0.0755 e. The molecule has 0 nitrogen and oxygen atoms in total. The van der Waals surface area contributed by atoms with Crippen molar-refractivity contribution in [2.75, 3.05) is 0 Å². The molecule has 0 bridgehead atoms. The Balaban J connectivity index is 1.73. The monoisotopic (exact) mass is 330 g/mol. The van der Waals surface area contributed by atoms with Crippen LogP contribution in [0.3, 0.4) is 0 Å². The Morgan fingerprint density at radius 2 is 1.08 bits per heavy atom. The molecule has 4 aliphatic rings. The zero-order valence-corrected chi connectivity index (χ0v) is 14.4. The van der Waals surface area contributed by atoms with Crippen molar-refractivity contribution in [3.8, 4) is 11.1 Å². The molecule has 26 heavy (non-hydrogen) atoms. The SMILES string of the molecule is C1=CC23CC2(C=C1)C1(c2ccccc2-c2ccccc21)c1ccccc13. The van der Waals surface area contributed by atoms with Gasteiger partial charge < -0.3 is 0 Å². The van der Waals surface area contributed by atoms with Crippen molar-refractivity contribution >= 4 is 0 Å². The van der Waals surface area contributed by atoms with Crippen LogP contribution in [-0.2, 0) is 10.8 Å². The lowest BCUT2D eigenvalue weighted by Crippen LogP contribution is -2.36. The van der Waals surface area contributed by atoms with Crippen LogP contribution in [0, 0.1) is 5.41 Å². The highest BCUT2D eigenvalue weighted by molar-refractivity contribution is 5.89. The Hall–Kier alpha value is -2.86. The van der Waals surface area contributed by atoms with Gasteiger partial charge in [0.2, 0.25) is 0 Å². The maximum Gasteiger partial charge on any atom is 0.0569 e. The minimum Gasteiger partial charge on any atom is -0.0755 e. The van der Waals surface area contributed by atoms with E-state index in [0.29, 0.717) is 0 Å². The van der Waals surface area contributed by atoms with E-state index in [1.165, 1.54) is 39.8 Å². The normalized spacial score (nSPS) is 29.7. The van der Waals surface area contributed by atoms with Gasteiger partial charge in [0.1, 0.15) is 0 Å². The summed E-state index contributed by atoms with van der Waals surface area (Å²) in [5, 5.41) is 0. The lowest BCUT2D eigenvalue weighted by Gasteiger charge is -2.38. The van der Waals surface area contributed by atoms with E-state index in [2.05, 4.69) is 97.1 Å². The summed E-state index contributed by atoms with van der Waals surface area (Å²) in [7, 11) is 0. The molecule has 0 heterocycles. The third-order valence-electron chi connectivity index (χ3n) is 7.53. The van der Waals surface area contributed by atoms with E-state index in [4.69, 9.17) is 0 Å². The Morgan fingerprint density at radius 3 is 1.77 bits per heavy atom. The maximum atomic E-state index is 2.52. The summed E-state index contributed by atoms with van der Waals surface area (Å²) in [6, 6.07) is 27.4. The fraction of sp³-hybridized carbons (Fsp3) is 0.154. The number of hydrogen-bond donors (Lipinski definition) is 0. The quantitative estimate of drug-likeness (QED) is 0.491. The van der Waals surface area contributed by atoms with Crippen LogP contribution >= 0.6 is 0 Å². The molecule has 1 spiro atoms. The molecule has 3 aromatic rings. The van der Waals surface area contributed by atoms with E-state index >= 15 is 0 Å². The van der Waals surface area contributed by atoms with Crippen LogP contribution in [-0.4, -0.2) is 0 Å². The predicted octanol–water partition coefficient (Wildman–Crippen LogP) is 5.77. The molecule has 0 radical (unpaired) electrons. The highest BCUT2D eigenvalue weighted by Gasteiger charge is 2.81. The van der Waals surface area contributed by atoms with Gasteiger partial charge in [0.05, 0.1) is 5.41 Å². The van der Waals surface area contributed by atoms with Crippen molar-refractivity contribution in [3.63, 3.8) is 0 Å². The molecule has 0 heteroatoms. The van der Waals surface area contributed by atoms with Gasteiger partial charge in [-0.05, 0) is 39.8 Å². The van der Waals surface area contributed by atoms with Crippen molar-refractivity contribution in [2.45, 2.75) is 17.3 Å². The first kappa shape index (κ1) is 13.4. The molecular formula is C26H18. The summed E-state index contributed by atoms with van der Waals surface area (Å²) >= 11 is 0. The topological polar surface area (TPSA) is 0 Å². The van der Waals surface area contributed by atoms with E-state index in [1.54, 1.807) is 0 Å². The summed E-state index contributed by atoms with van der Waals surface area (Å²) in [6.07, 6.45) is 10.7. The molecule has 0 saturated heterocycles. The summed E-state index contributed by atoms with van der Waals surface area (Å²) in [6.45, 7) is 0. The summed E-state index contributed by atoms with van der Waals surface area (Å²) in [5.41, 5.74) is 9.12. The third kappa shape index (κ3) is 1.08. The van der Waals surface area contributed by atoms with Crippen LogP contribution in [0.25, 0.3) is 11.1 Å². The van der Waals surface area contributed by atoms with E-state index < -0.39 is 0 Å². The van der Waals surface area contributed by atoms with E-state index in [-0.39, 0.29) is 16.2 Å². The van der Waals surface area contributed by atoms with Crippen molar-refractivity contribution < 1.29 is 0 Å². The second kappa shape index (κ2) is 3.94. The number of hydrogen-bond acceptors (Lipinski definition) is 0. The minimum absolute atomic E-state index is 0.0575. The zero-order chi connectivity index (χ0) is 17.0. The Morgan fingerprint density at radius 1 is 0.538 bits per heavy atom. The van der Waals surface area contributed by atoms with Crippen LogP contribution in [0.1, 0.15) is 28.7 Å². The minimum atomic E-state index is -0.0575. The number of allylic oxidation sites excluding steroid dienone is 4. The van der Waals surface area contributed by atoms with E-state index in [0.717, 1.165) is 0 Å². The number of fused-ring (bicyclic) bond motifs is 7. The fourth-order valence-corrected chi connectivity index (χ4v) is 6.71. The van der Waals surface area contributed by atoms with Crippen molar-refractivity contribution in [1.82, 2.24) is 0 Å². The molecular weight excluding hydrogens is 312 g/mol. The molecule has 1 saturated carbocycles. The molecule has 0 amide bonds. The van der Waals surface area contributed by atoms with Gasteiger partial charge in [-0.1, -0.05) is 97.1 Å². The molecule has 3 aromatic carbocycles. The molecule has 2 unspecified atom stereocenters. The van der Waals surface area contributed by atoms with Gasteiger partial charge in [-0.2, -0.15) is 0 Å². The van der Waals surface area contributed by atoms with E-state index in [9.17, 15) is 0 Å². The van der Waals surface area contributed by atoms with Crippen molar-refractivity contribution in [2.24, 2.45) is 5.41 Å². The summed E-state index contributed by atoms with van der Waals surface area (Å²) in [4.78, 5) is 0. The van der Waals surface area contributed by atoms with E-state index in [1.807, 2.05) is 0 Å². The second-order valence-electron chi connectivity index (χ2n) is 8.22. The van der Waals surface area contributed by atoms with Crippen LogP contribution in [0.2, 0.25) is 0 Å². The standard InChI is InChI=1S/C26H18/c1-3-11-20-18(9-1)19-10-2-4-12-21(19)26(20)23-14-6-5-13-22(23)24-15-7-8-16-25(24,26)17-24/h1-16H,17H2. The first-order chi connectivity index (χ1) is 12.9. The molecule has 2 atom stereocenters. The summed E-state index contributed by atoms with van der Waals surface area (Å²) in [5.74, 6) is 0. The Bertz CT molecular complexity index is 1130. The molecule has 1 fully saturated rings. The van der Waals surface area contributed by atoms with Crippen LogP contribution in [0.4, 0.5) is 0 Å². The molecule has 7 rings (SSSR count). The first-order valence-corrected chi connectivity index (χ1v) is 9.52. The molecule has 4 aliphatic carbocycles. The lowest BCUT2D eigenvalue weighted by atomic mass is 9.63. The smallest absolute Gasteiger partial charge is 0.0569 e.